The highest BCUT2D eigenvalue weighted by molar-refractivity contribution is 5.97. The molecule has 0 heterocycles. The molecule has 7 amide bonds. The van der Waals surface area contributed by atoms with Gasteiger partial charge in [-0.3, -0.25) is 33.6 Å². The van der Waals surface area contributed by atoms with Crippen molar-refractivity contribution in [3.05, 3.63) is 29.8 Å². The average Bonchev–Trinajstić information content (AvgIpc) is 3.02. The average molecular weight is 694 g/mol. The molecule has 11 N–H and O–H groups in total. The van der Waals surface area contributed by atoms with Crippen molar-refractivity contribution in [3.63, 3.8) is 0 Å². The Morgan fingerprint density at radius 3 is 1.67 bits per heavy atom. The highest BCUT2D eigenvalue weighted by Crippen LogP contribution is 2.14. The van der Waals surface area contributed by atoms with Crippen LogP contribution in [0.15, 0.2) is 24.3 Å². The van der Waals surface area contributed by atoms with Gasteiger partial charge in [-0.15, -0.1) is 0 Å². The summed E-state index contributed by atoms with van der Waals surface area (Å²) in [4.78, 5) is 89.3. The van der Waals surface area contributed by atoms with E-state index in [9.17, 15) is 48.9 Å². The molecular formula is C32H51N7O10. The highest BCUT2D eigenvalue weighted by Gasteiger charge is 2.35. The van der Waals surface area contributed by atoms with Crippen LogP contribution in [0.2, 0.25) is 0 Å². The summed E-state index contributed by atoms with van der Waals surface area (Å²) in [5.74, 6) is -6.48. The number of aromatic hydroxyl groups is 1. The molecule has 0 fully saturated rings. The zero-order chi connectivity index (χ0) is 37.6. The van der Waals surface area contributed by atoms with Crippen molar-refractivity contribution >= 4 is 41.4 Å². The summed E-state index contributed by atoms with van der Waals surface area (Å²) < 4.78 is 0. The van der Waals surface area contributed by atoms with Crippen LogP contribution < -0.4 is 37.6 Å². The maximum Gasteiger partial charge on any atom is 0.245 e. The number of carbonyl (C=O) groups excluding carboxylic acids is 7. The number of nitrogens with two attached hydrogens (primary N) is 1. The van der Waals surface area contributed by atoms with E-state index in [0.717, 1.165) is 0 Å². The van der Waals surface area contributed by atoms with Crippen LogP contribution in [0.3, 0.4) is 0 Å². The zero-order valence-corrected chi connectivity index (χ0v) is 28.9. The number of hydrogen-bond acceptors (Lipinski definition) is 10. The van der Waals surface area contributed by atoms with Gasteiger partial charge in [-0.05, 0) is 43.4 Å². The first-order valence-corrected chi connectivity index (χ1v) is 16.0. The first-order chi connectivity index (χ1) is 22.8. The molecule has 274 valence electrons. The van der Waals surface area contributed by atoms with Gasteiger partial charge in [0.15, 0.2) is 0 Å². The Balaban J connectivity index is 3.29. The van der Waals surface area contributed by atoms with Crippen molar-refractivity contribution in [2.24, 2.45) is 17.6 Å². The first kappa shape index (κ1) is 42.3. The van der Waals surface area contributed by atoms with Crippen LogP contribution >= 0.6 is 0 Å². The van der Waals surface area contributed by atoms with Gasteiger partial charge in [-0.1, -0.05) is 46.2 Å². The molecule has 0 aliphatic heterocycles. The number of benzene rings is 1. The first-order valence-electron chi connectivity index (χ1n) is 16.0. The minimum atomic E-state index is -1.40. The van der Waals surface area contributed by atoms with E-state index in [0.29, 0.717) is 12.0 Å². The molecular weight excluding hydrogens is 642 g/mol. The minimum absolute atomic E-state index is 0.0313. The topological polar surface area (TPSA) is 278 Å². The summed E-state index contributed by atoms with van der Waals surface area (Å²) in [6.45, 7) is 9.77. The van der Waals surface area contributed by atoms with Crippen molar-refractivity contribution in [2.75, 3.05) is 6.61 Å². The number of phenolic OH excluding ortho intramolecular Hbond substituents is 1. The van der Waals surface area contributed by atoms with Gasteiger partial charge in [-0.25, -0.2) is 0 Å². The molecule has 0 unspecified atom stereocenters. The van der Waals surface area contributed by atoms with E-state index >= 15 is 0 Å². The standard InChI is InChI=1S/C32H51N7O10/c1-8-16(4)25(38-30(47)23(14-40)35-19(7)42)32(49)36-22(13-20-9-11-21(43)12-10-20)29(46)37-24(15(2)3)31(48)34-17(5)28(45)39-26(18(6)41)27(33)44/h9-12,15-18,22-26,40-41,43H,8,13-14H2,1-7H3,(H2,33,44)(H,34,48)(H,35,42)(H,36,49)(H,37,46)(H,38,47)(H,39,45)/t16-,17-,18+,22-,23-,24-,25-,26-/m0/s1. The van der Waals surface area contributed by atoms with Crippen molar-refractivity contribution in [1.29, 1.82) is 0 Å². The van der Waals surface area contributed by atoms with Crippen LogP contribution in [0, 0.1) is 11.8 Å². The Bertz CT molecular complexity index is 1320. The van der Waals surface area contributed by atoms with Crippen LogP contribution in [0.5, 0.6) is 5.75 Å². The second kappa shape index (κ2) is 19.9. The normalized spacial score (nSPS) is 16.0. The number of carbonyl (C=O) groups is 7. The number of aliphatic hydroxyl groups excluding tert-OH is 2. The van der Waals surface area contributed by atoms with Crippen molar-refractivity contribution in [3.8, 4) is 5.75 Å². The molecule has 0 spiro atoms. The fourth-order valence-electron chi connectivity index (χ4n) is 4.60. The Kier molecular flexibility index (Phi) is 17.2. The molecule has 0 saturated carbocycles. The fourth-order valence-corrected chi connectivity index (χ4v) is 4.60. The lowest BCUT2D eigenvalue weighted by Gasteiger charge is -2.29. The predicted octanol–water partition coefficient (Wildman–Crippen LogP) is -2.56. The van der Waals surface area contributed by atoms with Crippen molar-refractivity contribution in [2.45, 2.75) is 104 Å². The lowest BCUT2D eigenvalue weighted by atomic mass is 9.96. The molecule has 0 aliphatic rings. The molecule has 49 heavy (non-hydrogen) atoms. The van der Waals surface area contributed by atoms with E-state index in [1.807, 2.05) is 0 Å². The maximum atomic E-state index is 13.8. The number of amides is 7. The van der Waals surface area contributed by atoms with Crippen molar-refractivity contribution < 1.29 is 48.9 Å². The summed E-state index contributed by atoms with van der Waals surface area (Å²) >= 11 is 0. The summed E-state index contributed by atoms with van der Waals surface area (Å²) in [5, 5.41) is 43.9. The molecule has 0 aliphatic carbocycles. The summed E-state index contributed by atoms with van der Waals surface area (Å²) in [6, 6.07) is -1.78. The largest absolute Gasteiger partial charge is 0.508 e. The van der Waals surface area contributed by atoms with Gasteiger partial charge in [-0.2, -0.15) is 0 Å². The van der Waals surface area contributed by atoms with Gasteiger partial charge in [0.25, 0.3) is 0 Å². The molecule has 1 rings (SSSR count). The molecule has 1 aromatic rings. The quantitative estimate of drug-likeness (QED) is 0.0724. The van der Waals surface area contributed by atoms with E-state index in [2.05, 4.69) is 31.9 Å². The number of phenols is 1. The Morgan fingerprint density at radius 1 is 0.694 bits per heavy atom. The Hall–Kier alpha value is -4.77. The van der Waals surface area contributed by atoms with E-state index in [-0.39, 0.29) is 12.2 Å². The van der Waals surface area contributed by atoms with E-state index in [1.165, 1.54) is 45.0 Å². The van der Waals surface area contributed by atoms with Gasteiger partial charge in [0.2, 0.25) is 41.4 Å². The smallest absolute Gasteiger partial charge is 0.245 e. The number of hydrogen-bond donors (Lipinski definition) is 10. The van der Waals surface area contributed by atoms with Gasteiger partial charge < -0.3 is 53.0 Å². The molecule has 0 bridgehead atoms. The molecule has 0 aromatic heterocycles. The maximum absolute atomic E-state index is 13.8. The summed E-state index contributed by atoms with van der Waals surface area (Å²) in [5.41, 5.74) is 5.76. The Labute approximate surface area is 285 Å². The molecule has 17 nitrogen and oxygen atoms in total. The van der Waals surface area contributed by atoms with E-state index < -0.39 is 102 Å². The molecule has 0 radical (unpaired) electrons. The van der Waals surface area contributed by atoms with Crippen molar-refractivity contribution in [1.82, 2.24) is 31.9 Å². The second-order valence-corrected chi connectivity index (χ2v) is 12.3. The monoisotopic (exact) mass is 693 g/mol. The third kappa shape index (κ3) is 13.7. The Morgan fingerprint density at radius 2 is 1.20 bits per heavy atom. The number of rotatable bonds is 19. The highest BCUT2D eigenvalue weighted by atomic mass is 16.3. The third-order valence-electron chi connectivity index (χ3n) is 7.76. The number of primary amides is 1. The minimum Gasteiger partial charge on any atom is -0.508 e. The SMILES string of the molecule is CC[C@H](C)[C@H](NC(=O)[C@H](CO)NC(C)=O)C(=O)N[C@@H](Cc1ccc(O)cc1)C(=O)N[C@H](C(=O)N[C@@H](C)C(=O)N[C@H](C(N)=O)[C@@H](C)O)C(C)C. The fraction of sp³-hybridized carbons (Fsp3) is 0.594. The van der Waals surface area contributed by atoms with E-state index in [1.54, 1.807) is 27.7 Å². The third-order valence-corrected chi connectivity index (χ3v) is 7.76. The van der Waals surface area contributed by atoms with Gasteiger partial charge in [0, 0.05) is 13.3 Å². The van der Waals surface area contributed by atoms with E-state index in [4.69, 9.17) is 5.73 Å². The van der Waals surface area contributed by atoms with Crippen LogP contribution in [-0.2, 0) is 40.0 Å². The lowest BCUT2D eigenvalue weighted by molar-refractivity contribution is -0.136. The zero-order valence-electron chi connectivity index (χ0n) is 28.9. The van der Waals surface area contributed by atoms with Crippen LogP contribution in [0.1, 0.15) is 60.5 Å². The van der Waals surface area contributed by atoms with Crippen LogP contribution in [0.4, 0.5) is 0 Å². The van der Waals surface area contributed by atoms with Gasteiger partial charge in [0.05, 0.1) is 12.7 Å². The molecule has 0 saturated heterocycles. The summed E-state index contributed by atoms with van der Waals surface area (Å²) in [6.07, 6.45) is -0.964. The lowest BCUT2D eigenvalue weighted by Crippen LogP contribution is -2.61. The summed E-state index contributed by atoms with van der Waals surface area (Å²) in [7, 11) is 0. The molecule has 8 atom stereocenters. The number of nitrogens with one attached hydrogen (secondary N) is 6. The van der Waals surface area contributed by atoms with Crippen LogP contribution in [0.25, 0.3) is 0 Å². The van der Waals surface area contributed by atoms with Gasteiger partial charge >= 0.3 is 0 Å². The molecule has 1 aromatic carbocycles. The van der Waals surface area contributed by atoms with Crippen LogP contribution in [-0.4, -0.2) is 106 Å². The molecule has 17 heteroatoms. The predicted molar refractivity (Wildman–Crippen MR) is 177 cm³/mol. The number of aliphatic hydroxyl groups is 2. The second-order valence-electron chi connectivity index (χ2n) is 12.3. The van der Waals surface area contributed by atoms with Gasteiger partial charge in [0.1, 0.15) is 42.0 Å².